The molecule has 2 rings (SSSR count). The molecule has 1 aliphatic heterocycles. The van der Waals surface area contributed by atoms with E-state index in [2.05, 4.69) is 24.0 Å². The van der Waals surface area contributed by atoms with Gasteiger partial charge in [0.25, 0.3) is 0 Å². The Morgan fingerprint density at radius 3 is 2.71 bits per heavy atom. The molecule has 1 aromatic carbocycles. The van der Waals surface area contributed by atoms with Crippen molar-refractivity contribution in [3.05, 3.63) is 34.9 Å². The highest BCUT2D eigenvalue weighted by Gasteiger charge is 2.29. The van der Waals surface area contributed by atoms with Gasteiger partial charge in [0.1, 0.15) is 0 Å². The fraction of sp³-hybridized carbons (Fsp3) is 0.571. The predicted molar refractivity (Wildman–Crippen MR) is 73.3 cm³/mol. The lowest BCUT2D eigenvalue weighted by Gasteiger charge is -2.32. The van der Waals surface area contributed by atoms with E-state index in [1.165, 1.54) is 24.9 Å². The SMILES string of the molecule is CCC(c1ccc(Cl)cc1)N1CCCC1CN. The van der Waals surface area contributed by atoms with Crippen LogP contribution < -0.4 is 5.73 Å². The minimum Gasteiger partial charge on any atom is -0.329 e. The number of benzene rings is 1. The van der Waals surface area contributed by atoms with E-state index in [9.17, 15) is 0 Å². The Bertz CT molecular complexity index is 350. The summed E-state index contributed by atoms with van der Waals surface area (Å²) in [6.45, 7) is 4.18. The minimum atomic E-state index is 0.489. The number of likely N-dealkylation sites (tertiary alicyclic amines) is 1. The van der Waals surface area contributed by atoms with Crippen molar-refractivity contribution in [1.29, 1.82) is 0 Å². The fourth-order valence-electron chi connectivity index (χ4n) is 2.87. The van der Waals surface area contributed by atoms with Crippen LogP contribution in [0.25, 0.3) is 0 Å². The second-order valence-electron chi connectivity index (χ2n) is 4.75. The van der Waals surface area contributed by atoms with Gasteiger partial charge in [0, 0.05) is 23.7 Å². The van der Waals surface area contributed by atoms with Crippen LogP contribution in [0.2, 0.25) is 5.02 Å². The summed E-state index contributed by atoms with van der Waals surface area (Å²) in [5.74, 6) is 0. The highest BCUT2D eigenvalue weighted by atomic mass is 35.5. The van der Waals surface area contributed by atoms with Crippen LogP contribution in [-0.4, -0.2) is 24.0 Å². The average molecular weight is 253 g/mol. The minimum absolute atomic E-state index is 0.489. The van der Waals surface area contributed by atoms with E-state index in [-0.39, 0.29) is 0 Å². The summed E-state index contributed by atoms with van der Waals surface area (Å²) in [5.41, 5.74) is 7.21. The first kappa shape index (κ1) is 12.9. The van der Waals surface area contributed by atoms with Gasteiger partial charge in [-0.1, -0.05) is 30.7 Å². The average Bonchev–Trinajstić information content (AvgIpc) is 2.81. The lowest BCUT2D eigenvalue weighted by atomic mass is 10.0. The molecule has 94 valence electrons. The van der Waals surface area contributed by atoms with Crippen molar-refractivity contribution >= 4 is 11.6 Å². The van der Waals surface area contributed by atoms with Gasteiger partial charge in [0.2, 0.25) is 0 Å². The number of hydrogen-bond acceptors (Lipinski definition) is 2. The van der Waals surface area contributed by atoms with Gasteiger partial charge in [0.05, 0.1) is 0 Å². The zero-order chi connectivity index (χ0) is 12.3. The fourth-order valence-corrected chi connectivity index (χ4v) is 2.99. The molecule has 1 fully saturated rings. The van der Waals surface area contributed by atoms with Crippen molar-refractivity contribution in [2.75, 3.05) is 13.1 Å². The van der Waals surface area contributed by atoms with Crippen molar-refractivity contribution in [3.8, 4) is 0 Å². The molecule has 1 aliphatic rings. The molecule has 17 heavy (non-hydrogen) atoms. The van der Waals surface area contributed by atoms with Crippen molar-refractivity contribution in [2.24, 2.45) is 5.73 Å². The van der Waals surface area contributed by atoms with Crippen LogP contribution >= 0.6 is 11.6 Å². The van der Waals surface area contributed by atoms with Gasteiger partial charge < -0.3 is 5.73 Å². The highest BCUT2D eigenvalue weighted by Crippen LogP contribution is 2.31. The molecule has 0 radical (unpaired) electrons. The number of halogens is 1. The number of hydrogen-bond donors (Lipinski definition) is 1. The smallest absolute Gasteiger partial charge is 0.0406 e. The van der Waals surface area contributed by atoms with E-state index in [0.29, 0.717) is 12.1 Å². The monoisotopic (exact) mass is 252 g/mol. The molecule has 0 spiro atoms. The third kappa shape index (κ3) is 2.82. The molecule has 1 saturated heterocycles. The summed E-state index contributed by atoms with van der Waals surface area (Å²) in [7, 11) is 0. The van der Waals surface area contributed by atoms with Crippen LogP contribution in [-0.2, 0) is 0 Å². The van der Waals surface area contributed by atoms with Crippen LogP contribution in [0.1, 0.15) is 37.8 Å². The third-order valence-electron chi connectivity index (χ3n) is 3.74. The Labute approximate surface area is 109 Å². The topological polar surface area (TPSA) is 29.3 Å². The molecule has 0 bridgehead atoms. The standard InChI is InChI=1S/C14H21ClN2/c1-2-14(11-5-7-12(15)8-6-11)17-9-3-4-13(17)10-16/h5-8,13-14H,2-4,9-10,16H2,1H3. The van der Waals surface area contributed by atoms with E-state index in [0.717, 1.165) is 18.0 Å². The lowest BCUT2D eigenvalue weighted by molar-refractivity contribution is 0.179. The Hall–Kier alpha value is -0.570. The summed E-state index contributed by atoms with van der Waals surface area (Å²) < 4.78 is 0. The highest BCUT2D eigenvalue weighted by molar-refractivity contribution is 6.30. The molecule has 1 aromatic rings. The van der Waals surface area contributed by atoms with Gasteiger partial charge in [-0.05, 0) is 43.5 Å². The first-order chi connectivity index (χ1) is 8.26. The number of rotatable bonds is 4. The van der Waals surface area contributed by atoms with Gasteiger partial charge in [-0.15, -0.1) is 0 Å². The first-order valence-corrected chi connectivity index (χ1v) is 6.85. The summed E-state index contributed by atoms with van der Waals surface area (Å²) in [5, 5.41) is 0.806. The molecule has 1 heterocycles. The van der Waals surface area contributed by atoms with E-state index in [1.807, 2.05) is 12.1 Å². The molecule has 2 nitrogen and oxygen atoms in total. The molecule has 2 atom stereocenters. The summed E-state index contributed by atoms with van der Waals surface area (Å²) in [6, 6.07) is 9.28. The van der Waals surface area contributed by atoms with E-state index >= 15 is 0 Å². The maximum atomic E-state index is 5.94. The molecule has 0 amide bonds. The van der Waals surface area contributed by atoms with Crippen LogP contribution in [0.5, 0.6) is 0 Å². The molecule has 0 aliphatic carbocycles. The summed E-state index contributed by atoms with van der Waals surface area (Å²) in [4.78, 5) is 2.56. The Kier molecular flexibility index (Phi) is 4.43. The van der Waals surface area contributed by atoms with E-state index in [4.69, 9.17) is 17.3 Å². The van der Waals surface area contributed by atoms with Gasteiger partial charge in [-0.3, -0.25) is 4.90 Å². The second kappa shape index (κ2) is 5.85. The zero-order valence-electron chi connectivity index (χ0n) is 10.4. The predicted octanol–water partition coefficient (Wildman–Crippen LogP) is 3.21. The molecular formula is C14H21ClN2. The lowest BCUT2D eigenvalue weighted by Crippen LogP contribution is -2.38. The normalized spacial score (nSPS) is 22.9. The Balaban J connectivity index is 2.18. The van der Waals surface area contributed by atoms with Crippen molar-refractivity contribution in [1.82, 2.24) is 4.90 Å². The van der Waals surface area contributed by atoms with E-state index < -0.39 is 0 Å². The van der Waals surface area contributed by atoms with E-state index in [1.54, 1.807) is 0 Å². The largest absolute Gasteiger partial charge is 0.329 e. The van der Waals surface area contributed by atoms with Crippen molar-refractivity contribution in [3.63, 3.8) is 0 Å². The molecule has 0 saturated carbocycles. The number of nitrogens with zero attached hydrogens (tertiary/aromatic N) is 1. The molecule has 0 aromatic heterocycles. The Morgan fingerprint density at radius 2 is 2.12 bits per heavy atom. The van der Waals surface area contributed by atoms with Crippen LogP contribution in [0.4, 0.5) is 0 Å². The maximum Gasteiger partial charge on any atom is 0.0406 e. The maximum absolute atomic E-state index is 5.94. The second-order valence-corrected chi connectivity index (χ2v) is 5.18. The third-order valence-corrected chi connectivity index (χ3v) is 3.99. The molecule has 3 heteroatoms. The summed E-state index contributed by atoms with van der Waals surface area (Å²) in [6.07, 6.45) is 3.63. The first-order valence-electron chi connectivity index (χ1n) is 6.47. The van der Waals surface area contributed by atoms with Crippen molar-refractivity contribution < 1.29 is 0 Å². The molecule has 2 unspecified atom stereocenters. The quantitative estimate of drug-likeness (QED) is 0.892. The molecule has 2 N–H and O–H groups in total. The Morgan fingerprint density at radius 1 is 1.41 bits per heavy atom. The number of nitrogens with two attached hydrogens (primary N) is 1. The van der Waals surface area contributed by atoms with Gasteiger partial charge in [-0.25, -0.2) is 0 Å². The summed E-state index contributed by atoms with van der Waals surface area (Å²) >= 11 is 5.94. The van der Waals surface area contributed by atoms with Crippen LogP contribution in [0.15, 0.2) is 24.3 Å². The van der Waals surface area contributed by atoms with Gasteiger partial charge in [-0.2, -0.15) is 0 Å². The van der Waals surface area contributed by atoms with Gasteiger partial charge in [0.15, 0.2) is 0 Å². The van der Waals surface area contributed by atoms with Crippen molar-refractivity contribution in [2.45, 2.75) is 38.3 Å². The zero-order valence-corrected chi connectivity index (χ0v) is 11.2. The van der Waals surface area contributed by atoms with Crippen LogP contribution in [0, 0.1) is 0 Å². The molecular weight excluding hydrogens is 232 g/mol. The van der Waals surface area contributed by atoms with Gasteiger partial charge >= 0.3 is 0 Å². The van der Waals surface area contributed by atoms with Crippen LogP contribution in [0.3, 0.4) is 0 Å².